The molecule has 1 unspecified atom stereocenters. The normalized spacial score (nSPS) is 21.3. The lowest BCUT2D eigenvalue weighted by Crippen LogP contribution is -2.15. The number of nitrogens with two attached hydrogens (primary N) is 1. The van der Waals surface area contributed by atoms with Gasteiger partial charge in [0, 0.05) is 5.69 Å². The second-order valence-corrected chi connectivity index (χ2v) is 5.06. The summed E-state index contributed by atoms with van der Waals surface area (Å²) in [4.78, 5) is 4.46. The van der Waals surface area contributed by atoms with Crippen molar-refractivity contribution >= 4 is 5.82 Å². The molecule has 0 aromatic carbocycles. The van der Waals surface area contributed by atoms with Crippen molar-refractivity contribution in [3.8, 4) is 6.07 Å². The lowest BCUT2D eigenvalue weighted by atomic mass is 9.86. The summed E-state index contributed by atoms with van der Waals surface area (Å²) in [5, 5.41) is 9.03. The Kier molecular flexibility index (Phi) is 2.36. The number of anilines is 1. The first-order valence-electron chi connectivity index (χ1n) is 5.41. The zero-order valence-corrected chi connectivity index (χ0v) is 9.83. The number of aromatic nitrogens is 1. The molecule has 16 heavy (non-hydrogen) atoms. The summed E-state index contributed by atoms with van der Waals surface area (Å²) in [7, 11) is 0. The lowest BCUT2D eigenvalue weighted by Gasteiger charge is -2.19. The molecule has 0 spiro atoms. The van der Waals surface area contributed by atoms with Gasteiger partial charge in [0.15, 0.2) is 5.82 Å². The number of nitrogens with one attached hydrogen (secondary N) is 1. The van der Waals surface area contributed by atoms with Crippen molar-refractivity contribution in [1.82, 2.24) is 4.98 Å². The Morgan fingerprint density at radius 2 is 2.31 bits per heavy atom. The molecule has 84 valence electrons. The highest BCUT2D eigenvalue weighted by Gasteiger charge is 2.36. The summed E-state index contributed by atoms with van der Waals surface area (Å²) in [5.41, 5.74) is 5.35. The summed E-state index contributed by atoms with van der Waals surface area (Å²) in [6.07, 6.45) is 1.06. The van der Waals surface area contributed by atoms with Crippen molar-refractivity contribution in [2.45, 2.75) is 38.5 Å². The van der Waals surface area contributed by atoms with Crippen LogP contribution in [0, 0.1) is 11.3 Å². The van der Waals surface area contributed by atoms with E-state index in [4.69, 9.17) is 11.1 Å². The van der Waals surface area contributed by atoms with Crippen molar-refractivity contribution in [2.24, 2.45) is 5.84 Å². The molecule has 0 bridgehead atoms. The first-order chi connectivity index (χ1) is 7.49. The number of fused-ring (bicyclic) bond motifs is 1. The number of hydrogen-bond donors (Lipinski definition) is 2. The van der Waals surface area contributed by atoms with Gasteiger partial charge >= 0.3 is 0 Å². The molecule has 1 aromatic heterocycles. The van der Waals surface area contributed by atoms with E-state index in [1.54, 1.807) is 0 Å². The standard InChI is InChI=1S/C12H16N4/c1-7-5-12(2,3)9-4-8(6-13)11(16-14)15-10(7)9/h4,7H,5,14H2,1-3H3,(H,15,16). The third-order valence-electron chi connectivity index (χ3n) is 3.32. The number of hydrazine groups is 1. The minimum atomic E-state index is 0.0977. The van der Waals surface area contributed by atoms with Crippen molar-refractivity contribution in [3.63, 3.8) is 0 Å². The minimum absolute atomic E-state index is 0.0977. The van der Waals surface area contributed by atoms with Crippen LogP contribution in [-0.2, 0) is 5.41 Å². The summed E-state index contributed by atoms with van der Waals surface area (Å²) in [6, 6.07) is 4.04. The Morgan fingerprint density at radius 1 is 1.62 bits per heavy atom. The maximum atomic E-state index is 9.03. The van der Waals surface area contributed by atoms with E-state index in [-0.39, 0.29) is 5.41 Å². The van der Waals surface area contributed by atoms with Gasteiger partial charge < -0.3 is 5.43 Å². The molecular weight excluding hydrogens is 200 g/mol. The van der Waals surface area contributed by atoms with Crippen molar-refractivity contribution in [3.05, 3.63) is 22.9 Å². The first kappa shape index (κ1) is 10.9. The molecule has 1 aliphatic carbocycles. The average Bonchev–Trinajstić information content (AvgIpc) is 2.47. The molecule has 1 heterocycles. The van der Waals surface area contributed by atoms with Gasteiger partial charge in [-0.1, -0.05) is 20.8 Å². The monoisotopic (exact) mass is 216 g/mol. The van der Waals surface area contributed by atoms with Crippen molar-refractivity contribution in [2.75, 3.05) is 5.43 Å². The van der Waals surface area contributed by atoms with Gasteiger partial charge in [0.1, 0.15) is 6.07 Å². The van der Waals surface area contributed by atoms with Gasteiger partial charge in [-0.25, -0.2) is 10.8 Å². The third-order valence-corrected chi connectivity index (χ3v) is 3.32. The number of nitrogen functional groups attached to an aromatic ring is 1. The smallest absolute Gasteiger partial charge is 0.158 e. The molecule has 0 aliphatic heterocycles. The zero-order chi connectivity index (χ0) is 11.9. The fourth-order valence-electron chi connectivity index (χ4n) is 2.61. The maximum absolute atomic E-state index is 9.03. The van der Waals surface area contributed by atoms with Crippen molar-refractivity contribution < 1.29 is 0 Å². The lowest BCUT2D eigenvalue weighted by molar-refractivity contribution is 0.488. The Labute approximate surface area is 95.5 Å². The Hall–Kier alpha value is -1.60. The van der Waals surface area contributed by atoms with E-state index < -0.39 is 0 Å². The largest absolute Gasteiger partial charge is 0.307 e. The van der Waals surface area contributed by atoms with Crippen LogP contribution in [0.3, 0.4) is 0 Å². The molecule has 4 nitrogen and oxygen atoms in total. The maximum Gasteiger partial charge on any atom is 0.158 e. The molecule has 1 aromatic rings. The SMILES string of the molecule is CC1CC(C)(C)c2cc(C#N)c(NN)nc21. The Morgan fingerprint density at radius 3 is 2.88 bits per heavy atom. The topological polar surface area (TPSA) is 74.7 Å². The van der Waals surface area contributed by atoms with Gasteiger partial charge in [-0.15, -0.1) is 0 Å². The predicted octanol–water partition coefficient (Wildman–Crippen LogP) is 2.02. The molecular formula is C12H16N4. The van der Waals surface area contributed by atoms with E-state index >= 15 is 0 Å². The summed E-state index contributed by atoms with van der Waals surface area (Å²) >= 11 is 0. The minimum Gasteiger partial charge on any atom is -0.307 e. The number of pyridine rings is 1. The molecule has 3 N–H and O–H groups in total. The van der Waals surface area contributed by atoms with Gasteiger partial charge in [-0.05, 0) is 29.4 Å². The first-order valence-corrected chi connectivity index (χ1v) is 5.41. The fraction of sp³-hybridized carbons (Fsp3) is 0.500. The summed E-state index contributed by atoms with van der Waals surface area (Å²) < 4.78 is 0. The zero-order valence-electron chi connectivity index (χ0n) is 9.83. The van der Waals surface area contributed by atoms with Crippen LogP contribution < -0.4 is 11.3 Å². The van der Waals surface area contributed by atoms with E-state index in [0.717, 1.165) is 12.1 Å². The van der Waals surface area contributed by atoms with Crippen LogP contribution in [0.25, 0.3) is 0 Å². The Balaban J connectivity index is 2.65. The second-order valence-electron chi connectivity index (χ2n) is 5.06. The predicted molar refractivity (Wildman–Crippen MR) is 62.8 cm³/mol. The molecule has 0 saturated carbocycles. The van der Waals surface area contributed by atoms with Gasteiger partial charge in [0.2, 0.25) is 0 Å². The number of nitriles is 1. The molecule has 0 fully saturated rings. The average molecular weight is 216 g/mol. The molecule has 4 heteroatoms. The van der Waals surface area contributed by atoms with E-state index in [9.17, 15) is 0 Å². The van der Waals surface area contributed by atoms with Gasteiger partial charge in [0.25, 0.3) is 0 Å². The van der Waals surface area contributed by atoms with Crippen LogP contribution in [0.5, 0.6) is 0 Å². The highest BCUT2D eigenvalue weighted by Crippen LogP contribution is 2.45. The summed E-state index contributed by atoms with van der Waals surface area (Å²) in [6.45, 7) is 6.54. The van der Waals surface area contributed by atoms with Crippen LogP contribution in [-0.4, -0.2) is 4.98 Å². The van der Waals surface area contributed by atoms with Crippen LogP contribution in [0.15, 0.2) is 6.07 Å². The highest BCUT2D eigenvalue weighted by molar-refractivity contribution is 5.56. The fourth-order valence-corrected chi connectivity index (χ4v) is 2.61. The van der Waals surface area contributed by atoms with E-state index in [1.807, 2.05) is 6.07 Å². The summed E-state index contributed by atoms with van der Waals surface area (Å²) in [5.74, 6) is 6.27. The molecule has 1 aliphatic rings. The van der Waals surface area contributed by atoms with Crippen LogP contribution in [0.1, 0.15) is 49.9 Å². The number of hydrogen-bond acceptors (Lipinski definition) is 4. The third kappa shape index (κ3) is 1.44. The quantitative estimate of drug-likeness (QED) is 0.556. The van der Waals surface area contributed by atoms with E-state index in [2.05, 4.69) is 37.3 Å². The Bertz CT molecular complexity index is 471. The van der Waals surface area contributed by atoms with E-state index in [1.165, 1.54) is 5.56 Å². The van der Waals surface area contributed by atoms with Gasteiger partial charge in [-0.3, -0.25) is 0 Å². The van der Waals surface area contributed by atoms with Crippen LogP contribution in [0.4, 0.5) is 5.82 Å². The molecule has 0 amide bonds. The second kappa shape index (κ2) is 3.46. The van der Waals surface area contributed by atoms with Crippen molar-refractivity contribution in [1.29, 1.82) is 5.26 Å². The number of rotatable bonds is 1. The van der Waals surface area contributed by atoms with Crippen LogP contribution >= 0.6 is 0 Å². The van der Waals surface area contributed by atoms with Gasteiger partial charge in [0.05, 0.1) is 5.56 Å². The molecule has 0 radical (unpaired) electrons. The number of nitrogens with zero attached hydrogens (tertiary/aromatic N) is 2. The molecule has 1 atom stereocenters. The highest BCUT2D eigenvalue weighted by atomic mass is 15.3. The van der Waals surface area contributed by atoms with E-state index in [0.29, 0.717) is 17.3 Å². The molecule has 0 saturated heterocycles. The molecule has 2 rings (SSSR count). The van der Waals surface area contributed by atoms with Crippen LogP contribution in [0.2, 0.25) is 0 Å². The van der Waals surface area contributed by atoms with Gasteiger partial charge in [-0.2, -0.15) is 5.26 Å².